The minimum atomic E-state index is -0.894. The van der Waals surface area contributed by atoms with E-state index in [1.807, 2.05) is 0 Å². The third kappa shape index (κ3) is 5.97. The van der Waals surface area contributed by atoms with Gasteiger partial charge in [0.1, 0.15) is 11.5 Å². The predicted molar refractivity (Wildman–Crippen MR) is 132 cm³/mol. The van der Waals surface area contributed by atoms with Crippen molar-refractivity contribution >= 4 is 41.0 Å². The van der Waals surface area contributed by atoms with Gasteiger partial charge in [0.15, 0.2) is 0 Å². The Morgan fingerprint density at radius 3 is 2.47 bits per heavy atom. The van der Waals surface area contributed by atoms with Crippen LogP contribution in [0.2, 0.25) is 5.02 Å². The van der Waals surface area contributed by atoms with Crippen LogP contribution in [0, 0.1) is 5.92 Å². The summed E-state index contributed by atoms with van der Waals surface area (Å²) in [6.45, 7) is 1.38. The fourth-order valence-corrected chi connectivity index (χ4v) is 4.61. The van der Waals surface area contributed by atoms with Crippen LogP contribution in [0.15, 0.2) is 30.6 Å². The van der Waals surface area contributed by atoms with Crippen LogP contribution in [-0.4, -0.2) is 64.7 Å². The Balaban J connectivity index is 1.45. The van der Waals surface area contributed by atoms with Crippen molar-refractivity contribution in [2.45, 2.75) is 44.4 Å². The quantitative estimate of drug-likeness (QED) is 0.433. The largest absolute Gasteiger partial charge is 0.349 e. The summed E-state index contributed by atoms with van der Waals surface area (Å²) in [6, 6.07) is 3.65. The number of rotatable bonds is 5. The molecular formula is C24H28ClN7O4. The Labute approximate surface area is 213 Å². The Hall–Kier alpha value is -3.57. The minimum absolute atomic E-state index is 0.0488. The van der Waals surface area contributed by atoms with Crippen molar-refractivity contribution in [3.05, 3.63) is 52.4 Å². The molecule has 0 spiro atoms. The molecule has 1 saturated carbocycles. The van der Waals surface area contributed by atoms with Crippen LogP contribution in [-0.2, 0) is 27.5 Å². The maximum Gasteiger partial charge on any atom is 0.314 e. The van der Waals surface area contributed by atoms with Gasteiger partial charge in [-0.2, -0.15) is 0 Å². The second-order valence-electron chi connectivity index (χ2n) is 9.16. The third-order valence-electron chi connectivity index (χ3n) is 6.39. The minimum Gasteiger partial charge on any atom is -0.349 e. The van der Waals surface area contributed by atoms with E-state index < -0.39 is 29.8 Å². The lowest BCUT2D eigenvalue weighted by atomic mass is 9.81. The Morgan fingerprint density at radius 2 is 1.75 bits per heavy atom. The van der Waals surface area contributed by atoms with Crippen molar-refractivity contribution in [2.24, 2.45) is 5.92 Å². The van der Waals surface area contributed by atoms with Gasteiger partial charge < -0.3 is 26.2 Å². The van der Waals surface area contributed by atoms with Gasteiger partial charge >= 0.3 is 11.8 Å². The van der Waals surface area contributed by atoms with E-state index in [4.69, 9.17) is 11.6 Å². The number of hydrogen-bond acceptors (Lipinski definition) is 7. The molecule has 0 unspecified atom stereocenters. The number of carbonyl (C=O) groups excluding carboxylic acids is 4. The topological polar surface area (TPSA) is 145 Å². The van der Waals surface area contributed by atoms with Gasteiger partial charge in [0.25, 0.3) is 5.91 Å². The van der Waals surface area contributed by atoms with Crippen LogP contribution in [0.4, 0.5) is 5.82 Å². The fourth-order valence-electron chi connectivity index (χ4n) is 4.50. The van der Waals surface area contributed by atoms with E-state index in [2.05, 4.69) is 31.2 Å². The highest BCUT2D eigenvalue weighted by Gasteiger charge is 2.37. The van der Waals surface area contributed by atoms with E-state index in [1.165, 1.54) is 17.2 Å². The van der Waals surface area contributed by atoms with Gasteiger partial charge in [-0.05, 0) is 48.6 Å². The molecule has 1 aliphatic heterocycles. The molecule has 0 aromatic carbocycles. The highest BCUT2D eigenvalue weighted by Crippen LogP contribution is 2.27. The van der Waals surface area contributed by atoms with E-state index in [0.717, 1.165) is 11.1 Å². The van der Waals surface area contributed by atoms with E-state index in [9.17, 15) is 19.2 Å². The molecule has 0 bridgehead atoms. The van der Waals surface area contributed by atoms with Crippen LogP contribution in [0.1, 0.15) is 40.9 Å². The number of amides is 4. The first-order valence-corrected chi connectivity index (χ1v) is 12.0. The van der Waals surface area contributed by atoms with Gasteiger partial charge in [-0.3, -0.25) is 24.2 Å². The first-order chi connectivity index (χ1) is 17.2. The van der Waals surface area contributed by atoms with E-state index in [1.54, 1.807) is 32.4 Å². The lowest BCUT2D eigenvalue weighted by Gasteiger charge is -2.37. The lowest BCUT2D eigenvalue weighted by Crippen LogP contribution is -2.57. The molecule has 11 nitrogen and oxygen atoms in total. The monoisotopic (exact) mass is 513 g/mol. The molecule has 4 amide bonds. The van der Waals surface area contributed by atoms with Crippen molar-refractivity contribution in [1.29, 1.82) is 0 Å². The summed E-state index contributed by atoms with van der Waals surface area (Å²) in [5, 5.41) is 11.7. The number of aromatic nitrogens is 2. The SMILES string of the molecule is CN(C)C(=O)[C@H]1CC[C@H](NC(=O)C(=O)Nc2ccc(Cl)cn2)[C@H](NC(=O)c2cc3c(cn2)CNC3)C1. The van der Waals surface area contributed by atoms with E-state index in [-0.39, 0.29) is 23.3 Å². The Morgan fingerprint density at radius 1 is 0.972 bits per heavy atom. The number of halogens is 1. The average molecular weight is 514 g/mol. The summed E-state index contributed by atoms with van der Waals surface area (Å²) in [7, 11) is 3.36. The van der Waals surface area contributed by atoms with Gasteiger partial charge in [0, 0.05) is 51.5 Å². The summed E-state index contributed by atoms with van der Waals surface area (Å²) in [6.07, 6.45) is 4.28. The highest BCUT2D eigenvalue weighted by atomic mass is 35.5. The molecule has 3 atom stereocenters. The zero-order chi connectivity index (χ0) is 25.8. The van der Waals surface area contributed by atoms with Gasteiger partial charge in [0.05, 0.1) is 11.1 Å². The fraction of sp³-hybridized carbons (Fsp3) is 0.417. The second-order valence-corrected chi connectivity index (χ2v) is 9.60. The summed E-state index contributed by atoms with van der Waals surface area (Å²) in [5.41, 5.74) is 2.32. The molecule has 0 radical (unpaired) electrons. The first-order valence-electron chi connectivity index (χ1n) is 11.6. The molecule has 1 fully saturated rings. The van der Waals surface area contributed by atoms with Crippen molar-refractivity contribution in [2.75, 3.05) is 19.4 Å². The molecule has 2 aliphatic rings. The van der Waals surface area contributed by atoms with E-state index in [0.29, 0.717) is 37.4 Å². The number of carbonyl (C=O) groups is 4. The number of nitrogens with one attached hydrogen (secondary N) is 4. The molecule has 36 heavy (non-hydrogen) atoms. The van der Waals surface area contributed by atoms with Crippen molar-refractivity contribution in [3.63, 3.8) is 0 Å². The van der Waals surface area contributed by atoms with E-state index >= 15 is 0 Å². The average Bonchev–Trinajstić information content (AvgIpc) is 3.33. The van der Waals surface area contributed by atoms with Crippen LogP contribution in [0.3, 0.4) is 0 Å². The maximum atomic E-state index is 13.1. The maximum absolute atomic E-state index is 13.1. The second kappa shape index (κ2) is 11.0. The molecule has 2 aromatic rings. The van der Waals surface area contributed by atoms with Crippen molar-refractivity contribution in [3.8, 4) is 0 Å². The van der Waals surface area contributed by atoms with Crippen LogP contribution in [0.5, 0.6) is 0 Å². The van der Waals surface area contributed by atoms with Gasteiger partial charge in [-0.25, -0.2) is 4.98 Å². The molecule has 0 saturated heterocycles. The zero-order valence-corrected chi connectivity index (χ0v) is 20.8. The van der Waals surface area contributed by atoms with Crippen molar-refractivity contribution < 1.29 is 19.2 Å². The molecule has 2 aromatic heterocycles. The number of fused-ring (bicyclic) bond motifs is 1. The van der Waals surface area contributed by atoms with Crippen molar-refractivity contribution in [1.82, 2.24) is 30.8 Å². The summed E-state index contributed by atoms with van der Waals surface area (Å²) in [5.74, 6) is -2.34. The molecule has 12 heteroatoms. The van der Waals surface area contributed by atoms with Gasteiger partial charge in [0.2, 0.25) is 5.91 Å². The number of nitrogens with zero attached hydrogens (tertiary/aromatic N) is 3. The Bertz CT molecular complexity index is 1170. The summed E-state index contributed by atoms with van der Waals surface area (Å²) >= 11 is 5.80. The molecule has 1 aliphatic carbocycles. The third-order valence-corrected chi connectivity index (χ3v) is 6.62. The standard InChI is InChI=1S/C24H28ClN7O4/c1-32(2)24(36)13-3-5-17(29-22(34)23(35)31-20-6-4-16(25)12-28-20)18(7-13)30-21(33)19-8-14-9-26-10-15(14)11-27-19/h4,6,8,11-13,17-18,26H,3,5,7,9-10H2,1-2H3,(H,29,34)(H,30,33)(H,28,31,35)/t13-,17-,18+/m0/s1. The summed E-state index contributed by atoms with van der Waals surface area (Å²) < 4.78 is 0. The smallest absolute Gasteiger partial charge is 0.314 e. The lowest BCUT2D eigenvalue weighted by molar-refractivity contribution is -0.137. The van der Waals surface area contributed by atoms with Gasteiger partial charge in [-0.15, -0.1) is 0 Å². The predicted octanol–water partition coefficient (Wildman–Crippen LogP) is 0.843. The van der Waals surface area contributed by atoms with Crippen LogP contribution in [0.25, 0.3) is 0 Å². The molecule has 3 heterocycles. The zero-order valence-electron chi connectivity index (χ0n) is 20.0. The summed E-state index contributed by atoms with van der Waals surface area (Å²) in [4.78, 5) is 60.5. The molecule has 4 rings (SSSR count). The molecular weight excluding hydrogens is 486 g/mol. The van der Waals surface area contributed by atoms with Crippen LogP contribution >= 0.6 is 11.6 Å². The number of pyridine rings is 2. The van der Waals surface area contributed by atoms with Gasteiger partial charge in [-0.1, -0.05) is 11.6 Å². The number of hydrogen-bond donors (Lipinski definition) is 4. The normalized spacial score (nSPS) is 20.7. The molecule has 190 valence electrons. The molecule has 4 N–H and O–H groups in total. The number of anilines is 1. The van der Waals surface area contributed by atoms with Crippen LogP contribution < -0.4 is 21.3 Å². The Kier molecular flexibility index (Phi) is 7.80. The highest BCUT2D eigenvalue weighted by molar-refractivity contribution is 6.39. The first kappa shape index (κ1) is 25.5.